The van der Waals surface area contributed by atoms with Gasteiger partial charge in [-0.3, -0.25) is 57.7 Å². The Bertz CT molecular complexity index is 2430. The number of nitrogens with two attached hydrogens (primary N) is 6. The zero-order valence-electron chi connectivity index (χ0n) is 51.5. The van der Waals surface area contributed by atoms with E-state index < -0.39 is 151 Å². The Balaban J connectivity index is 2.72. The van der Waals surface area contributed by atoms with Crippen LogP contribution >= 0.6 is 0 Å². The largest absolute Gasteiger partial charge is 0.391 e. The van der Waals surface area contributed by atoms with Crippen LogP contribution in [0.25, 0.3) is 0 Å². The molecule has 31 heteroatoms. The van der Waals surface area contributed by atoms with Gasteiger partial charge in [0.25, 0.3) is 0 Å². The third-order valence-corrected chi connectivity index (χ3v) is 14.2. The maximum atomic E-state index is 14.6. The van der Waals surface area contributed by atoms with Crippen LogP contribution in [-0.2, 0) is 59.2 Å². The van der Waals surface area contributed by atoms with Crippen molar-refractivity contribution < 1.29 is 63.0 Å². The molecule has 0 saturated carbocycles. The van der Waals surface area contributed by atoms with E-state index in [0.29, 0.717) is 12.0 Å². The smallest absolute Gasteiger partial charge is 0.245 e. The number of aliphatic imine (C=N–C) groups is 1. The molecule has 1 saturated heterocycles. The molecule has 2 rings (SSSR count). The summed E-state index contributed by atoms with van der Waals surface area (Å²) in [5.74, 6) is -10.3. The van der Waals surface area contributed by atoms with E-state index in [9.17, 15) is 63.0 Å². The third-order valence-electron chi connectivity index (χ3n) is 14.2. The number of rotatable bonds is 31. The molecule has 1 aromatic rings. The SMILES string of the molecule is CCCCCCCC(=O)N[C@@H](CCN)C(=O)N[C@H](C(=O)N[C@@H](CCN)C(=O)N[C@H]1CCNC(=O)[C@H]([C@@H](C)O)NC(=O)[C@H](CCN)NC(=O)[C@H](CCCN=C(N)N)NC(=O)[C@H](CC(C)C)NC(=O)[C@@H](Cc2ccccc2)NC(=O)[C@H](CCN)NC1=O)[C@@H](C)O. The van der Waals surface area contributed by atoms with Crippen LogP contribution in [0, 0.1) is 5.92 Å². The highest BCUT2D eigenvalue weighted by atomic mass is 16.3. The van der Waals surface area contributed by atoms with E-state index >= 15 is 0 Å². The van der Waals surface area contributed by atoms with Gasteiger partial charge in [-0.1, -0.05) is 76.8 Å². The predicted molar refractivity (Wildman–Crippen MR) is 328 cm³/mol. The summed E-state index contributed by atoms with van der Waals surface area (Å²) in [5, 5.41) is 49.9. The number of unbranched alkanes of at least 4 members (excludes halogenated alkanes) is 4. The minimum Gasteiger partial charge on any atom is -0.391 e. The van der Waals surface area contributed by atoms with Gasteiger partial charge >= 0.3 is 0 Å². The molecule has 1 fully saturated rings. The quantitative estimate of drug-likeness (QED) is 0.0187. The molecule has 1 aliphatic heterocycles. The van der Waals surface area contributed by atoms with E-state index in [1.165, 1.54) is 13.8 Å². The number of aliphatic hydroxyl groups is 2. The molecule has 0 aliphatic carbocycles. The second-order valence-corrected chi connectivity index (χ2v) is 22.3. The number of nitrogens with zero attached hydrogens (tertiary/aromatic N) is 1. The average Bonchev–Trinajstić information content (AvgIpc) is 3.68. The maximum Gasteiger partial charge on any atom is 0.245 e. The van der Waals surface area contributed by atoms with Gasteiger partial charge in [0, 0.05) is 25.9 Å². The fraction of sp³-hybridized carbons (Fsp3) is 0.684. The van der Waals surface area contributed by atoms with Crippen molar-refractivity contribution in [2.75, 3.05) is 39.3 Å². The summed E-state index contributed by atoms with van der Waals surface area (Å²) in [6.45, 7) is 6.94. The Hall–Kier alpha value is -7.58. The molecule has 1 aliphatic rings. The molecule has 0 unspecified atom stereocenters. The molecule has 88 heavy (non-hydrogen) atoms. The fourth-order valence-corrected chi connectivity index (χ4v) is 9.36. The van der Waals surface area contributed by atoms with Crippen molar-refractivity contribution in [3.05, 3.63) is 35.9 Å². The molecule has 0 spiro atoms. The number of carbonyl (C=O) groups is 11. The summed E-state index contributed by atoms with van der Waals surface area (Å²) in [5.41, 5.74) is 35.2. The van der Waals surface area contributed by atoms with E-state index in [0.717, 1.165) is 25.7 Å². The summed E-state index contributed by atoms with van der Waals surface area (Å²) in [4.78, 5) is 159. The van der Waals surface area contributed by atoms with Crippen LogP contribution < -0.4 is 92.9 Å². The maximum absolute atomic E-state index is 14.6. The minimum atomic E-state index is -1.71. The van der Waals surface area contributed by atoms with Gasteiger partial charge in [-0.15, -0.1) is 0 Å². The van der Waals surface area contributed by atoms with Gasteiger partial charge in [-0.25, -0.2) is 0 Å². The number of hydrogen-bond donors (Lipinski definition) is 19. The Labute approximate surface area is 514 Å². The van der Waals surface area contributed by atoms with Crippen LogP contribution in [0.15, 0.2) is 35.3 Å². The average molecular weight is 1250 g/mol. The number of carbonyl (C=O) groups excluding carboxylic acids is 11. The standard InChI is InChI=1S/C57H100N18O13/c1-6-7-8-9-13-18-44(78)66-37(19-24-58)51(83)75-46(34(5)77)56(88)71-39(21-26-60)48(80)70-41-23-29-64-55(87)45(33(4)76)74-52(84)40(22-27-61)69-47(79)36(17-14-28-65-57(62)63)67-53(85)42(30-32(2)3)72-54(86)43(31-35-15-11-10-12-16-35)73-49(81)38(20-25-59)68-50(41)82/h10-12,15-16,32-34,36-43,45-46,76-77H,6-9,13-14,17-31,58-61H2,1-5H3,(H,64,87)(H,66,78)(H,67,85)(H,68,82)(H,69,79)(H,70,80)(H,71,88)(H,72,86)(H,73,81)(H,74,84)(H,75,83)(H4,62,63,65)/t33-,34-,36+,37+,38+,39+,40+,41+,42+,43-,45+,46+/m1/s1. The van der Waals surface area contributed by atoms with Crippen molar-refractivity contribution in [1.82, 2.24) is 58.5 Å². The van der Waals surface area contributed by atoms with E-state index in [2.05, 4.69) is 70.4 Å². The second-order valence-electron chi connectivity index (χ2n) is 22.3. The third kappa shape index (κ3) is 28.5. The second kappa shape index (κ2) is 41.5. The Morgan fingerprint density at radius 2 is 1.11 bits per heavy atom. The predicted octanol–water partition coefficient (Wildman–Crippen LogP) is -5.79. The van der Waals surface area contributed by atoms with Gasteiger partial charge < -0.3 is 103 Å². The van der Waals surface area contributed by atoms with E-state index in [4.69, 9.17) is 34.4 Å². The molecule has 0 bridgehead atoms. The van der Waals surface area contributed by atoms with Gasteiger partial charge in [0.05, 0.1) is 12.2 Å². The number of benzene rings is 1. The number of aliphatic hydroxyl groups excluding tert-OH is 2. The van der Waals surface area contributed by atoms with Crippen LogP contribution in [0.3, 0.4) is 0 Å². The van der Waals surface area contributed by atoms with Gasteiger partial charge in [-0.05, 0) is 109 Å². The zero-order chi connectivity index (χ0) is 65.9. The molecule has 1 aromatic carbocycles. The lowest BCUT2D eigenvalue weighted by Crippen LogP contribution is -2.62. The first kappa shape index (κ1) is 76.5. The van der Waals surface area contributed by atoms with Crippen molar-refractivity contribution in [3.63, 3.8) is 0 Å². The first-order chi connectivity index (χ1) is 41.8. The van der Waals surface area contributed by atoms with Crippen LogP contribution in [0.2, 0.25) is 0 Å². The van der Waals surface area contributed by atoms with E-state index in [1.807, 2.05) is 0 Å². The van der Waals surface area contributed by atoms with Crippen molar-refractivity contribution in [2.45, 2.75) is 204 Å². The van der Waals surface area contributed by atoms with Gasteiger partial charge in [0.15, 0.2) is 5.96 Å². The van der Waals surface area contributed by atoms with Crippen molar-refractivity contribution >= 4 is 70.9 Å². The summed E-state index contributed by atoms with van der Waals surface area (Å²) < 4.78 is 0. The topological polar surface area (TPSA) is 529 Å². The molecule has 1 heterocycles. The van der Waals surface area contributed by atoms with Crippen LogP contribution in [0.1, 0.15) is 130 Å². The molecule has 11 amide bonds. The molecule has 0 aromatic heterocycles. The van der Waals surface area contributed by atoms with Gasteiger partial charge in [-0.2, -0.15) is 0 Å². The van der Waals surface area contributed by atoms with Crippen molar-refractivity contribution in [1.29, 1.82) is 0 Å². The normalized spacial score (nSPS) is 22.0. The number of guanidine groups is 1. The van der Waals surface area contributed by atoms with Crippen LogP contribution in [-0.4, -0.2) is 193 Å². The highest BCUT2D eigenvalue weighted by Crippen LogP contribution is 2.13. The minimum absolute atomic E-state index is 0.0192. The van der Waals surface area contributed by atoms with Crippen molar-refractivity contribution in [2.24, 2.45) is 45.3 Å². The summed E-state index contributed by atoms with van der Waals surface area (Å²) in [6, 6.07) is -6.43. The first-order valence-corrected chi connectivity index (χ1v) is 30.4. The summed E-state index contributed by atoms with van der Waals surface area (Å²) in [7, 11) is 0. The molecule has 25 N–H and O–H groups in total. The Morgan fingerprint density at radius 1 is 0.591 bits per heavy atom. The van der Waals surface area contributed by atoms with Crippen LogP contribution in [0.5, 0.6) is 0 Å². The van der Waals surface area contributed by atoms with Gasteiger partial charge in [0.1, 0.15) is 60.4 Å². The summed E-state index contributed by atoms with van der Waals surface area (Å²) in [6.07, 6.45) is 0.0639. The number of nitrogens with one attached hydrogen (secondary N) is 11. The molecule has 12 atom stereocenters. The Kier molecular flexibility index (Phi) is 36.1. The number of hydrogen-bond acceptors (Lipinski definition) is 18. The molecule has 496 valence electrons. The fourth-order valence-electron chi connectivity index (χ4n) is 9.36. The number of amides is 11. The molecular weight excluding hydrogens is 1140 g/mol. The molecule has 31 nitrogen and oxygen atoms in total. The lowest BCUT2D eigenvalue weighted by Gasteiger charge is -2.29. The highest BCUT2D eigenvalue weighted by Gasteiger charge is 2.38. The molecule has 0 radical (unpaired) electrons. The molecular formula is C57H100N18O13. The van der Waals surface area contributed by atoms with E-state index in [1.54, 1.807) is 44.2 Å². The zero-order valence-corrected chi connectivity index (χ0v) is 51.5. The summed E-state index contributed by atoms with van der Waals surface area (Å²) >= 11 is 0. The first-order valence-electron chi connectivity index (χ1n) is 30.4. The van der Waals surface area contributed by atoms with Crippen molar-refractivity contribution in [3.8, 4) is 0 Å². The van der Waals surface area contributed by atoms with Gasteiger partial charge in [0.2, 0.25) is 65.0 Å². The Morgan fingerprint density at radius 3 is 1.66 bits per heavy atom. The lowest BCUT2D eigenvalue weighted by atomic mass is 10.00. The monoisotopic (exact) mass is 1240 g/mol. The highest BCUT2D eigenvalue weighted by molar-refractivity contribution is 5.99. The van der Waals surface area contributed by atoms with Crippen LogP contribution in [0.4, 0.5) is 0 Å². The lowest BCUT2D eigenvalue weighted by molar-refractivity contribution is -0.137. The van der Waals surface area contributed by atoms with E-state index in [-0.39, 0.29) is 102 Å².